The maximum atomic E-state index is 4.27. The molecule has 0 unspecified atom stereocenters. The molecule has 0 atom stereocenters. The molecule has 0 aromatic carbocycles. The second kappa shape index (κ2) is 3.58. The summed E-state index contributed by atoms with van der Waals surface area (Å²) in [6, 6.07) is 2.20. The van der Waals surface area contributed by atoms with Crippen LogP contribution in [0.25, 0.3) is 10.6 Å². The van der Waals surface area contributed by atoms with Gasteiger partial charge in [0.2, 0.25) is 0 Å². The lowest BCUT2D eigenvalue weighted by atomic mass is 10.1. The topological polar surface area (TPSA) is 17.8 Å². The van der Waals surface area contributed by atoms with Gasteiger partial charge in [-0.15, -0.1) is 11.3 Å². The molecule has 0 amide bonds. The molecule has 0 aliphatic rings. The quantitative estimate of drug-likeness (QED) is 0.738. The van der Waals surface area contributed by atoms with E-state index in [0.29, 0.717) is 0 Å². The molecule has 2 rings (SSSR count). The molecule has 3 heteroatoms. The van der Waals surface area contributed by atoms with Crippen molar-refractivity contribution in [3.8, 4) is 10.6 Å². The van der Waals surface area contributed by atoms with Crippen molar-refractivity contribution in [1.82, 2.24) is 9.78 Å². The SMILES string of the molecule is CCc1ccsc1-c1c(C)cnn1C. The Morgan fingerprint density at radius 1 is 1.50 bits per heavy atom. The van der Waals surface area contributed by atoms with Gasteiger partial charge >= 0.3 is 0 Å². The highest BCUT2D eigenvalue weighted by atomic mass is 32.1. The number of aromatic nitrogens is 2. The van der Waals surface area contributed by atoms with E-state index in [4.69, 9.17) is 0 Å². The zero-order chi connectivity index (χ0) is 10.1. The van der Waals surface area contributed by atoms with Crippen molar-refractivity contribution < 1.29 is 0 Å². The zero-order valence-electron chi connectivity index (χ0n) is 8.74. The summed E-state index contributed by atoms with van der Waals surface area (Å²) in [6.07, 6.45) is 3.01. The molecule has 14 heavy (non-hydrogen) atoms. The average molecular weight is 206 g/mol. The summed E-state index contributed by atoms with van der Waals surface area (Å²) in [5, 5.41) is 6.42. The molecule has 0 N–H and O–H groups in total. The molecular formula is C11H14N2S. The number of hydrogen-bond donors (Lipinski definition) is 0. The van der Waals surface area contributed by atoms with Gasteiger partial charge in [0.15, 0.2) is 0 Å². The van der Waals surface area contributed by atoms with Gasteiger partial charge in [0, 0.05) is 7.05 Å². The maximum absolute atomic E-state index is 4.27. The van der Waals surface area contributed by atoms with Crippen LogP contribution >= 0.6 is 11.3 Å². The summed E-state index contributed by atoms with van der Waals surface area (Å²) < 4.78 is 1.96. The molecule has 2 heterocycles. The Morgan fingerprint density at radius 2 is 2.29 bits per heavy atom. The van der Waals surface area contributed by atoms with Gasteiger partial charge in [-0.05, 0) is 35.9 Å². The highest BCUT2D eigenvalue weighted by molar-refractivity contribution is 7.13. The maximum Gasteiger partial charge on any atom is 0.0810 e. The number of rotatable bonds is 2. The third kappa shape index (κ3) is 1.38. The van der Waals surface area contributed by atoms with Crippen molar-refractivity contribution in [2.45, 2.75) is 20.3 Å². The first kappa shape index (κ1) is 9.46. The van der Waals surface area contributed by atoms with Crippen LogP contribution in [0, 0.1) is 6.92 Å². The van der Waals surface area contributed by atoms with Crippen molar-refractivity contribution >= 4 is 11.3 Å². The van der Waals surface area contributed by atoms with Crippen molar-refractivity contribution in [3.05, 3.63) is 28.8 Å². The van der Waals surface area contributed by atoms with E-state index >= 15 is 0 Å². The lowest BCUT2D eigenvalue weighted by Crippen LogP contribution is -1.94. The van der Waals surface area contributed by atoms with Gasteiger partial charge in [-0.25, -0.2) is 0 Å². The third-order valence-corrected chi connectivity index (χ3v) is 3.43. The minimum absolute atomic E-state index is 1.09. The minimum Gasteiger partial charge on any atom is -0.267 e. The molecule has 2 aromatic rings. The Balaban J connectivity index is 2.59. The van der Waals surface area contributed by atoms with E-state index in [-0.39, 0.29) is 0 Å². The molecule has 0 aliphatic carbocycles. The summed E-state index contributed by atoms with van der Waals surface area (Å²) in [5.74, 6) is 0. The van der Waals surface area contributed by atoms with Gasteiger partial charge in [0.05, 0.1) is 16.8 Å². The standard InChI is InChI=1S/C11H14N2S/c1-4-9-5-6-14-11(9)10-8(2)7-12-13(10)3/h5-7H,4H2,1-3H3. The summed E-state index contributed by atoms with van der Waals surface area (Å²) in [5.41, 5.74) is 3.93. The van der Waals surface area contributed by atoms with Crippen LogP contribution in [0.2, 0.25) is 0 Å². The van der Waals surface area contributed by atoms with E-state index in [1.54, 1.807) is 11.3 Å². The Bertz CT molecular complexity index is 420. The molecule has 2 aromatic heterocycles. The Hall–Kier alpha value is -1.09. The van der Waals surface area contributed by atoms with Gasteiger partial charge in [-0.1, -0.05) is 6.92 Å². The van der Waals surface area contributed by atoms with Crippen LogP contribution in [-0.2, 0) is 13.5 Å². The van der Waals surface area contributed by atoms with Crippen molar-refractivity contribution in [1.29, 1.82) is 0 Å². The van der Waals surface area contributed by atoms with Gasteiger partial charge in [-0.3, -0.25) is 4.68 Å². The average Bonchev–Trinajstić information content (AvgIpc) is 2.73. The molecule has 0 aliphatic heterocycles. The largest absolute Gasteiger partial charge is 0.267 e. The minimum atomic E-state index is 1.09. The first-order chi connectivity index (χ1) is 6.74. The summed E-state index contributed by atoms with van der Waals surface area (Å²) in [6.45, 7) is 4.30. The second-order valence-electron chi connectivity index (χ2n) is 3.43. The molecule has 0 radical (unpaired) electrons. The molecule has 74 valence electrons. The van der Waals surface area contributed by atoms with Crippen LogP contribution in [0.4, 0.5) is 0 Å². The fourth-order valence-electron chi connectivity index (χ4n) is 1.70. The van der Waals surface area contributed by atoms with Crippen molar-refractivity contribution in [3.63, 3.8) is 0 Å². The molecule has 0 fully saturated rings. The lowest BCUT2D eigenvalue weighted by Gasteiger charge is -2.03. The molecular weight excluding hydrogens is 192 g/mol. The van der Waals surface area contributed by atoms with Gasteiger partial charge in [0.25, 0.3) is 0 Å². The van der Waals surface area contributed by atoms with E-state index in [0.717, 1.165) is 6.42 Å². The summed E-state index contributed by atoms with van der Waals surface area (Å²) in [4.78, 5) is 1.37. The Morgan fingerprint density at radius 3 is 2.86 bits per heavy atom. The molecule has 2 nitrogen and oxygen atoms in total. The first-order valence-electron chi connectivity index (χ1n) is 4.79. The molecule has 0 saturated heterocycles. The molecule has 0 saturated carbocycles. The number of aryl methyl sites for hydroxylation is 3. The van der Waals surface area contributed by atoms with E-state index in [1.807, 2.05) is 17.9 Å². The smallest absolute Gasteiger partial charge is 0.0810 e. The predicted molar refractivity (Wildman–Crippen MR) is 60.6 cm³/mol. The van der Waals surface area contributed by atoms with Crippen LogP contribution in [0.1, 0.15) is 18.1 Å². The first-order valence-corrected chi connectivity index (χ1v) is 5.67. The van der Waals surface area contributed by atoms with Gasteiger partial charge in [0.1, 0.15) is 0 Å². The van der Waals surface area contributed by atoms with Crippen molar-refractivity contribution in [2.75, 3.05) is 0 Å². The van der Waals surface area contributed by atoms with Gasteiger partial charge in [-0.2, -0.15) is 5.10 Å². The van der Waals surface area contributed by atoms with E-state index in [1.165, 1.54) is 21.7 Å². The van der Waals surface area contributed by atoms with E-state index in [2.05, 4.69) is 30.4 Å². The van der Waals surface area contributed by atoms with E-state index in [9.17, 15) is 0 Å². The third-order valence-electron chi connectivity index (χ3n) is 2.46. The highest BCUT2D eigenvalue weighted by Crippen LogP contribution is 2.31. The Kier molecular flexibility index (Phi) is 2.42. The summed E-state index contributed by atoms with van der Waals surface area (Å²) >= 11 is 1.80. The lowest BCUT2D eigenvalue weighted by molar-refractivity contribution is 0.776. The predicted octanol–water partition coefficient (Wildman–Crippen LogP) is 3.02. The summed E-state index contributed by atoms with van der Waals surface area (Å²) in [7, 11) is 2.00. The van der Waals surface area contributed by atoms with Gasteiger partial charge < -0.3 is 0 Å². The van der Waals surface area contributed by atoms with Crippen LogP contribution in [-0.4, -0.2) is 9.78 Å². The monoisotopic (exact) mass is 206 g/mol. The molecule has 0 bridgehead atoms. The molecule has 0 spiro atoms. The fraction of sp³-hybridized carbons (Fsp3) is 0.364. The van der Waals surface area contributed by atoms with Crippen molar-refractivity contribution in [2.24, 2.45) is 7.05 Å². The van der Waals surface area contributed by atoms with Crippen LogP contribution in [0.5, 0.6) is 0 Å². The number of thiophene rings is 1. The van der Waals surface area contributed by atoms with Crippen LogP contribution in [0.15, 0.2) is 17.6 Å². The zero-order valence-corrected chi connectivity index (χ0v) is 9.56. The fourth-order valence-corrected chi connectivity index (χ4v) is 2.83. The van der Waals surface area contributed by atoms with E-state index < -0.39 is 0 Å². The highest BCUT2D eigenvalue weighted by Gasteiger charge is 2.11. The normalized spacial score (nSPS) is 10.8. The Labute approximate surface area is 88.2 Å². The van der Waals surface area contributed by atoms with Crippen LogP contribution in [0.3, 0.4) is 0 Å². The van der Waals surface area contributed by atoms with Crippen LogP contribution < -0.4 is 0 Å². The second-order valence-corrected chi connectivity index (χ2v) is 4.34. The number of nitrogens with zero attached hydrogens (tertiary/aromatic N) is 2. The number of hydrogen-bond acceptors (Lipinski definition) is 2.